The number of amidine groups is 1. The Balaban J connectivity index is 1.95. The molecule has 1 heterocycles. The zero-order valence-corrected chi connectivity index (χ0v) is 17.1. The van der Waals surface area contributed by atoms with Gasteiger partial charge in [0.15, 0.2) is 16.7 Å². The summed E-state index contributed by atoms with van der Waals surface area (Å²) in [5.74, 6) is 1.02. The molecule has 1 amide bonds. The lowest BCUT2D eigenvalue weighted by Gasteiger charge is -2.12. The van der Waals surface area contributed by atoms with Crippen molar-refractivity contribution in [2.45, 2.75) is 0 Å². The highest BCUT2D eigenvalue weighted by atomic mass is 35.5. The van der Waals surface area contributed by atoms with Gasteiger partial charge < -0.3 is 9.47 Å². The molecule has 28 heavy (non-hydrogen) atoms. The number of hydrogen-bond donors (Lipinski definition) is 0. The monoisotopic (exact) mass is 414 g/mol. The minimum absolute atomic E-state index is 0.136. The number of benzene rings is 2. The van der Waals surface area contributed by atoms with Gasteiger partial charge in [-0.15, -0.1) is 0 Å². The van der Waals surface area contributed by atoms with E-state index in [-0.39, 0.29) is 5.91 Å². The van der Waals surface area contributed by atoms with Gasteiger partial charge in [-0.05, 0) is 42.1 Å². The summed E-state index contributed by atoms with van der Waals surface area (Å²) in [6.45, 7) is 4.00. The minimum atomic E-state index is -0.136. The van der Waals surface area contributed by atoms with Crippen LogP contribution in [0.25, 0.3) is 6.08 Å². The normalized spacial score (nSPS) is 16.7. The van der Waals surface area contributed by atoms with Crippen LogP contribution in [-0.4, -0.2) is 36.7 Å². The van der Waals surface area contributed by atoms with Crippen molar-refractivity contribution in [2.24, 2.45) is 4.99 Å². The smallest absolute Gasteiger partial charge is 0.266 e. The first kappa shape index (κ1) is 20.0. The predicted molar refractivity (Wildman–Crippen MR) is 116 cm³/mol. The molecule has 0 aromatic heterocycles. The first-order chi connectivity index (χ1) is 13.5. The standard InChI is InChI=1S/C21H19ClN2O3S/c1-4-11-27-19-14(7-5-10-17(19)26-3)12-18-20(25)24(2)21(28-18)23-16-9-6-8-15(22)13-16/h4-10,12-13H,1,11H2,2-3H3/b18-12-,23-21?. The van der Waals surface area contributed by atoms with Crippen LogP contribution in [0.3, 0.4) is 0 Å². The molecule has 1 saturated heterocycles. The zero-order chi connectivity index (χ0) is 20.1. The van der Waals surface area contributed by atoms with Crippen LogP contribution in [0, 0.1) is 0 Å². The van der Waals surface area contributed by atoms with E-state index in [1.54, 1.807) is 38.4 Å². The number of carbonyl (C=O) groups is 1. The molecule has 144 valence electrons. The highest BCUT2D eigenvalue weighted by molar-refractivity contribution is 8.18. The second-order valence-corrected chi connectivity index (χ2v) is 7.27. The number of methoxy groups -OCH3 is 1. The topological polar surface area (TPSA) is 51.1 Å². The highest BCUT2D eigenvalue weighted by Gasteiger charge is 2.30. The Hall–Kier alpha value is -2.70. The van der Waals surface area contributed by atoms with Crippen LogP contribution >= 0.6 is 23.4 Å². The van der Waals surface area contributed by atoms with Crippen molar-refractivity contribution in [3.63, 3.8) is 0 Å². The molecule has 1 fully saturated rings. The number of ether oxygens (including phenoxy) is 2. The highest BCUT2D eigenvalue weighted by Crippen LogP contribution is 2.37. The second kappa shape index (κ2) is 8.99. The molecule has 0 N–H and O–H groups in total. The van der Waals surface area contributed by atoms with Crippen LogP contribution in [-0.2, 0) is 4.79 Å². The molecule has 2 aromatic rings. The third kappa shape index (κ3) is 4.40. The number of thioether (sulfide) groups is 1. The van der Waals surface area contributed by atoms with Crippen LogP contribution in [0.1, 0.15) is 5.56 Å². The molecular formula is C21H19ClN2O3S. The first-order valence-corrected chi connectivity index (χ1v) is 9.65. The second-order valence-electron chi connectivity index (χ2n) is 5.83. The summed E-state index contributed by atoms with van der Waals surface area (Å²) in [6.07, 6.45) is 3.44. The number of aliphatic imine (C=N–C) groups is 1. The van der Waals surface area contributed by atoms with Crippen LogP contribution in [0.15, 0.2) is 65.0 Å². The molecule has 1 aliphatic rings. The maximum Gasteiger partial charge on any atom is 0.266 e. The lowest BCUT2D eigenvalue weighted by atomic mass is 10.1. The molecule has 7 heteroatoms. The van der Waals surface area contributed by atoms with Gasteiger partial charge in [-0.1, -0.05) is 42.5 Å². The number of rotatable bonds is 6. The van der Waals surface area contributed by atoms with Crippen LogP contribution in [0.2, 0.25) is 5.02 Å². The summed E-state index contributed by atoms with van der Waals surface area (Å²) in [4.78, 5) is 19.3. The summed E-state index contributed by atoms with van der Waals surface area (Å²) in [5.41, 5.74) is 1.43. The fraction of sp³-hybridized carbons (Fsp3) is 0.143. The Morgan fingerprint density at radius 1 is 1.29 bits per heavy atom. The lowest BCUT2D eigenvalue weighted by Crippen LogP contribution is -2.23. The van der Waals surface area contributed by atoms with Crippen molar-refractivity contribution in [2.75, 3.05) is 20.8 Å². The molecule has 2 aromatic carbocycles. The first-order valence-electron chi connectivity index (χ1n) is 8.46. The van der Waals surface area contributed by atoms with E-state index in [4.69, 9.17) is 21.1 Å². The summed E-state index contributed by atoms with van der Waals surface area (Å²) in [7, 11) is 3.27. The molecular weight excluding hydrogens is 396 g/mol. The third-order valence-electron chi connectivity index (χ3n) is 3.90. The number of carbonyl (C=O) groups excluding carboxylic acids is 1. The SMILES string of the molecule is C=CCOc1c(/C=C2\SC(=Nc3cccc(Cl)c3)N(C)C2=O)cccc1OC. The molecule has 5 nitrogen and oxygen atoms in total. The van der Waals surface area contributed by atoms with Gasteiger partial charge in [0.25, 0.3) is 5.91 Å². The summed E-state index contributed by atoms with van der Waals surface area (Å²) >= 11 is 7.31. The Kier molecular flexibility index (Phi) is 6.44. The fourth-order valence-corrected chi connectivity index (χ4v) is 3.72. The van der Waals surface area contributed by atoms with Crippen molar-refractivity contribution in [1.82, 2.24) is 4.90 Å². The van der Waals surface area contributed by atoms with Crippen molar-refractivity contribution < 1.29 is 14.3 Å². The van der Waals surface area contributed by atoms with Crippen LogP contribution in [0.4, 0.5) is 5.69 Å². The number of para-hydroxylation sites is 1. The van der Waals surface area contributed by atoms with Gasteiger partial charge in [-0.3, -0.25) is 9.69 Å². The summed E-state index contributed by atoms with van der Waals surface area (Å²) in [6, 6.07) is 12.7. The Morgan fingerprint density at radius 3 is 2.79 bits per heavy atom. The van der Waals surface area contributed by atoms with E-state index in [0.717, 1.165) is 5.56 Å². The van der Waals surface area contributed by atoms with Gasteiger partial charge in [0.1, 0.15) is 6.61 Å². The molecule has 1 aliphatic heterocycles. The maximum atomic E-state index is 12.7. The average Bonchev–Trinajstić information content (AvgIpc) is 2.94. The molecule has 0 spiro atoms. The van der Waals surface area contributed by atoms with Gasteiger partial charge in [0, 0.05) is 17.6 Å². The minimum Gasteiger partial charge on any atom is -0.493 e. The van der Waals surface area contributed by atoms with Gasteiger partial charge in [-0.25, -0.2) is 4.99 Å². The van der Waals surface area contributed by atoms with Crippen molar-refractivity contribution in [1.29, 1.82) is 0 Å². The number of hydrogen-bond acceptors (Lipinski definition) is 5. The third-order valence-corrected chi connectivity index (χ3v) is 5.19. The van der Waals surface area contributed by atoms with Gasteiger partial charge in [0.2, 0.25) is 0 Å². The van der Waals surface area contributed by atoms with E-state index in [2.05, 4.69) is 11.6 Å². The summed E-state index contributed by atoms with van der Waals surface area (Å²) < 4.78 is 11.1. The fourth-order valence-electron chi connectivity index (χ4n) is 2.55. The van der Waals surface area contributed by atoms with Crippen molar-refractivity contribution in [3.05, 3.63) is 70.6 Å². The molecule has 0 unspecified atom stereocenters. The van der Waals surface area contributed by atoms with E-state index in [1.807, 2.05) is 30.3 Å². The van der Waals surface area contributed by atoms with Gasteiger partial charge in [0.05, 0.1) is 17.7 Å². The Bertz CT molecular complexity index is 972. The quantitative estimate of drug-likeness (QED) is 0.484. The molecule has 3 rings (SSSR count). The zero-order valence-electron chi connectivity index (χ0n) is 15.5. The predicted octanol–water partition coefficient (Wildman–Crippen LogP) is 5.15. The Labute approximate surface area is 173 Å². The Morgan fingerprint density at radius 2 is 2.07 bits per heavy atom. The average molecular weight is 415 g/mol. The molecule has 0 aliphatic carbocycles. The number of amides is 1. The molecule has 0 radical (unpaired) electrons. The van der Waals surface area contributed by atoms with E-state index in [1.165, 1.54) is 16.7 Å². The molecule has 0 atom stereocenters. The van der Waals surface area contributed by atoms with Crippen molar-refractivity contribution >= 4 is 46.2 Å². The van der Waals surface area contributed by atoms with Gasteiger partial charge >= 0.3 is 0 Å². The number of nitrogens with zero attached hydrogens (tertiary/aromatic N) is 2. The van der Waals surface area contributed by atoms with E-state index in [9.17, 15) is 4.79 Å². The maximum absolute atomic E-state index is 12.7. The van der Waals surface area contributed by atoms with E-state index < -0.39 is 0 Å². The van der Waals surface area contributed by atoms with Crippen LogP contribution < -0.4 is 9.47 Å². The summed E-state index contributed by atoms with van der Waals surface area (Å²) in [5, 5.41) is 1.17. The van der Waals surface area contributed by atoms with Crippen LogP contribution in [0.5, 0.6) is 11.5 Å². The van der Waals surface area contributed by atoms with Gasteiger partial charge in [-0.2, -0.15) is 0 Å². The lowest BCUT2D eigenvalue weighted by molar-refractivity contribution is -0.121. The molecule has 0 bridgehead atoms. The number of halogens is 1. The number of likely N-dealkylation sites (N-methyl/N-ethyl adjacent to an activating group) is 1. The molecule has 0 saturated carbocycles. The van der Waals surface area contributed by atoms with E-state index in [0.29, 0.717) is 38.9 Å². The van der Waals surface area contributed by atoms with E-state index >= 15 is 0 Å². The largest absolute Gasteiger partial charge is 0.493 e. The van der Waals surface area contributed by atoms with Crippen molar-refractivity contribution in [3.8, 4) is 11.5 Å².